The molecule has 0 aliphatic carbocycles. The molecule has 0 aromatic heterocycles. The summed E-state index contributed by atoms with van der Waals surface area (Å²) in [5, 5.41) is 0.567. The molecule has 2 rings (SSSR count). The van der Waals surface area contributed by atoms with E-state index in [1.165, 1.54) is 0 Å². The number of nitrogen functional groups attached to an aromatic ring is 1. The number of nitrogens with zero attached hydrogens (tertiary/aromatic N) is 1. The fraction of sp³-hybridized carbons (Fsp3) is 0.188. The minimum absolute atomic E-state index is 0.160. The number of halogens is 2. The van der Waals surface area contributed by atoms with Crippen molar-refractivity contribution in [3.8, 4) is 0 Å². The van der Waals surface area contributed by atoms with Crippen LogP contribution in [0.25, 0.3) is 0 Å². The van der Waals surface area contributed by atoms with Crippen LogP contribution >= 0.6 is 23.2 Å². The van der Waals surface area contributed by atoms with E-state index in [0.717, 1.165) is 11.3 Å². The molecule has 0 radical (unpaired) electrons. The molecule has 0 saturated carbocycles. The van der Waals surface area contributed by atoms with Crippen LogP contribution in [-0.2, 0) is 0 Å². The van der Waals surface area contributed by atoms with Gasteiger partial charge in [0.05, 0.1) is 15.7 Å². The Kier molecular flexibility index (Phi) is 4.76. The van der Waals surface area contributed by atoms with Crippen LogP contribution < -0.4 is 10.6 Å². The number of aryl methyl sites for hydroxylation is 1. The van der Waals surface area contributed by atoms with Gasteiger partial charge in [-0.2, -0.15) is 0 Å². The monoisotopic (exact) mass is 322 g/mol. The van der Waals surface area contributed by atoms with Gasteiger partial charge in [-0.25, -0.2) is 0 Å². The number of nitrogens with two attached hydrogens (primary N) is 1. The summed E-state index contributed by atoms with van der Waals surface area (Å²) < 4.78 is 0. The summed E-state index contributed by atoms with van der Waals surface area (Å²) in [7, 11) is 0. The Morgan fingerprint density at radius 2 is 1.81 bits per heavy atom. The van der Waals surface area contributed by atoms with Crippen molar-refractivity contribution < 1.29 is 4.79 Å². The summed E-state index contributed by atoms with van der Waals surface area (Å²) in [6.45, 7) is 4.45. The molecule has 2 aromatic rings. The Balaban J connectivity index is 2.41. The van der Waals surface area contributed by atoms with Gasteiger partial charge in [-0.3, -0.25) is 4.79 Å². The summed E-state index contributed by atoms with van der Waals surface area (Å²) in [4.78, 5) is 14.3. The van der Waals surface area contributed by atoms with Gasteiger partial charge < -0.3 is 10.6 Å². The highest BCUT2D eigenvalue weighted by atomic mass is 35.5. The average molecular weight is 323 g/mol. The van der Waals surface area contributed by atoms with Gasteiger partial charge in [0.15, 0.2) is 0 Å². The first-order chi connectivity index (χ1) is 9.93. The molecular weight excluding hydrogens is 307 g/mol. The maximum atomic E-state index is 12.7. The molecule has 0 heterocycles. The SMILES string of the molecule is CCN(C(=O)c1cc(Cl)c(N)c(Cl)c1)c1cccc(C)c1. The first kappa shape index (κ1) is 15.7. The van der Waals surface area contributed by atoms with Crippen molar-refractivity contribution in [2.45, 2.75) is 13.8 Å². The Morgan fingerprint density at radius 1 is 1.19 bits per heavy atom. The first-order valence-corrected chi connectivity index (χ1v) is 7.32. The standard InChI is InChI=1S/C16H16Cl2N2O/c1-3-20(12-6-4-5-10(2)7-12)16(21)11-8-13(17)15(19)14(18)9-11/h4-9H,3,19H2,1-2H3. The van der Waals surface area contributed by atoms with Gasteiger partial charge in [-0.15, -0.1) is 0 Å². The highest BCUT2D eigenvalue weighted by molar-refractivity contribution is 6.39. The molecule has 3 nitrogen and oxygen atoms in total. The Morgan fingerprint density at radius 3 is 2.33 bits per heavy atom. The van der Waals surface area contributed by atoms with Gasteiger partial charge in [-0.05, 0) is 43.7 Å². The predicted molar refractivity (Wildman–Crippen MR) is 89.4 cm³/mol. The average Bonchev–Trinajstić information content (AvgIpc) is 2.45. The third-order valence-electron chi connectivity index (χ3n) is 3.20. The number of carbonyl (C=O) groups excluding carboxylic acids is 1. The van der Waals surface area contributed by atoms with Crippen molar-refractivity contribution in [2.24, 2.45) is 0 Å². The molecule has 1 amide bonds. The van der Waals surface area contributed by atoms with Crippen LogP contribution in [0.1, 0.15) is 22.8 Å². The van der Waals surface area contributed by atoms with E-state index in [4.69, 9.17) is 28.9 Å². The lowest BCUT2D eigenvalue weighted by Gasteiger charge is -2.22. The highest BCUT2D eigenvalue weighted by Gasteiger charge is 2.18. The number of hydrogen-bond acceptors (Lipinski definition) is 2. The zero-order valence-corrected chi connectivity index (χ0v) is 13.4. The Hall–Kier alpha value is -1.71. The lowest BCUT2D eigenvalue weighted by Crippen LogP contribution is -2.30. The van der Waals surface area contributed by atoms with E-state index in [1.807, 2.05) is 38.1 Å². The molecule has 0 aliphatic rings. The van der Waals surface area contributed by atoms with Gasteiger partial charge >= 0.3 is 0 Å². The van der Waals surface area contributed by atoms with Crippen molar-refractivity contribution in [1.82, 2.24) is 0 Å². The quantitative estimate of drug-likeness (QED) is 0.842. The third-order valence-corrected chi connectivity index (χ3v) is 3.83. The fourth-order valence-corrected chi connectivity index (χ4v) is 2.59. The lowest BCUT2D eigenvalue weighted by atomic mass is 10.1. The zero-order valence-electron chi connectivity index (χ0n) is 11.9. The predicted octanol–water partition coefficient (Wildman–Crippen LogP) is 4.55. The van der Waals surface area contributed by atoms with Gasteiger partial charge in [0.1, 0.15) is 0 Å². The number of rotatable bonds is 3. The van der Waals surface area contributed by atoms with E-state index >= 15 is 0 Å². The third kappa shape index (κ3) is 3.31. The van der Waals surface area contributed by atoms with Crippen molar-refractivity contribution in [3.05, 3.63) is 57.6 Å². The lowest BCUT2D eigenvalue weighted by molar-refractivity contribution is 0.0988. The highest BCUT2D eigenvalue weighted by Crippen LogP contribution is 2.30. The van der Waals surface area contributed by atoms with Gasteiger partial charge in [0.25, 0.3) is 5.91 Å². The van der Waals surface area contributed by atoms with E-state index < -0.39 is 0 Å². The molecule has 2 aromatic carbocycles. The van der Waals surface area contributed by atoms with Crippen LogP contribution in [0.15, 0.2) is 36.4 Å². The van der Waals surface area contributed by atoms with Crippen molar-refractivity contribution in [3.63, 3.8) is 0 Å². The molecular formula is C16H16Cl2N2O. The Bertz CT molecular complexity index is 663. The fourth-order valence-electron chi connectivity index (χ4n) is 2.10. The summed E-state index contributed by atoms with van der Waals surface area (Å²) in [6, 6.07) is 10.9. The van der Waals surface area contributed by atoms with E-state index in [0.29, 0.717) is 12.1 Å². The van der Waals surface area contributed by atoms with E-state index in [-0.39, 0.29) is 21.6 Å². The molecule has 0 bridgehead atoms. The minimum Gasteiger partial charge on any atom is -0.396 e. The van der Waals surface area contributed by atoms with Gasteiger partial charge in [-0.1, -0.05) is 35.3 Å². The second-order valence-electron chi connectivity index (χ2n) is 4.74. The first-order valence-electron chi connectivity index (χ1n) is 6.57. The molecule has 0 saturated heterocycles. The summed E-state index contributed by atoms with van der Waals surface area (Å²) in [6.07, 6.45) is 0. The summed E-state index contributed by atoms with van der Waals surface area (Å²) in [5.74, 6) is -0.160. The maximum absolute atomic E-state index is 12.7. The maximum Gasteiger partial charge on any atom is 0.258 e. The van der Waals surface area contributed by atoms with Crippen LogP contribution in [0.2, 0.25) is 10.0 Å². The van der Waals surface area contributed by atoms with E-state index in [2.05, 4.69) is 0 Å². The molecule has 0 aliphatic heterocycles. The minimum atomic E-state index is -0.160. The second-order valence-corrected chi connectivity index (χ2v) is 5.56. The van der Waals surface area contributed by atoms with Crippen LogP contribution in [0.5, 0.6) is 0 Å². The molecule has 0 atom stereocenters. The second kappa shape index (κ2) is 6.37. The topological polar surface area (TPSA) is 46.3 Å². The van der Waals surface area contributed by atoms with Crippen molar-refractivity contribution >= 4 is 40.5 Å². The largest absolute Gasteiger partial charge is 0.396 e. The molecule has 21 heavy (non-hydrogen) atoms. The van der Waals surface area contributed by atoms with E-state index in [1.54, 1.807) is 17.0 Å². The molecule has 5 heteroatoms. The number of amides is 1. The van der Waals surface area contributed by atoms with Gasteiger partial charge in [0.2, 0.25) is 0 Å². The van der Waals surface area contributed by atoms with E-state index in [9.17, 15) is 4.79 Å². The number of benzene rings is 2. The van der Waals surface area contributed by atoms with Crippen LogP contribution in [-0.4, -0.2) is 12.5 Å². The van der Waals surface area contributed by atoms with Crippen LogP contribution in [0.4, 0.5) is 11.4 Å². The van der Waals surface area contributed by atoms with Crippen molar-refractivity contribution in [1.29, 1.82) is 0 Å². The zero-order chi connectivity index (χ0) is 15.6. The van der Waals surface area contributed by atoms with Crippen LogP contribution in [0.3, 0.4) is 0 Å². The normalized spacial score (nSPS) is 10.5. The molecule has 0 spiro atoms. The Labute approximate surface area is 134 Å². The molecule has 2 N–H and O–H groups in total. The molecule has 110 valence electrons. The number of hydrogen-bond donors (Lipinski definition) is 1. The summed E-state index contributed by atoms with van der Waals surface area (Å²) in [5.41, 5.74) is 8.34. The number of carbonyl (C=O) groups is 1. The molecule has 0 fully saturated rings. The van der Waals surface area contributed by atoms with Crippen molar-refractivity contribution in [2.75, 3.05) is 17.2 Å². The smallest absolute Gasteiger partial charge is 0.258 e. The van der Waals surface area contributed by atoms with Gasteiger partial charge in [0, 0.05) is 17.8 Å². The number of anilines is 2. The summed E-state index contributed by atoms with van der Waals surface area (Å²) >= 11 is 12.0. The van der Waals surface area contributed by atoms with Crippen LogP contribution in [0, 0.1) is 6.92 Å². The molecule has 0 unspecified atom stereocenters.